The lowest BCUT2D eigenvalue weighted by molar-refractivity contribution is -0.138. The van der Waals surface area contributed by atoms with Crippen LogP contribution in [0, 0.1) is 12.8 Å². The standard InChI is InChI=1S/C21H25ClN4O2/c1-13(2)21(28)26-11-5-4-6-18(26)19-23-12-17(14(3)24-19)20(27)25-16-9-7-15(22)8-10-16/h7-10,12-13,18H,4-6,11H2,1-3H3,(H,25,27). The third kappa shape index (κ3) is 4.50. The van der Waals surface area contributed by atoms with Gasteiger partial charge in [-0.1, -0.05) is 25.4 Å². The van der Waals surface area contributed by atoms with Crippen LogP contribution in [0.2, 0.25) is 5.02 Å². The van der Waals surface area contributed by atoms with Gasteiger partial charge in [-0.05, 0) is 50.5 Å². The largest absolute Gasteiger partial charge is 0.332 e. The molecule has 1 unspecified atom stereocenters. The van der Waals surface area contributed by atoms with Gasteiger partial charge in [0.15, 0.2) is 5.82 Å². The van der Waals surface area contributed by atoms with E-state index in [1.54, 1.807) is 37.4 Å². The third-order valence-electron chi connectivity index (χ3n) is 4.92. The molecule has 1 aromatic carbocycles. The first-order chi connectivity index (χ1) is 13.4. The van der Waals surface area contributed by atoms with E-state index in [2.05, 4.69) is 15.3 Å². The predicted molar refractivity (Wildman–Crippen MR) is 109 cm³/mol. The number of benzene rings is 1. The summed E-state index contributed by atoms with van der Waals surface area (Å²) in [6.45, 7) is 6.33. The molecule has 1 fully saturated rings. The molecule has 1 saturated heterocycles. The highest BCUT2D eigenvalue weighted by molar-refractivity contribution is 6.30. The topological polar surface area (TPSA) is 75.2 Å². The summed E-state index contributed by atoms with van der Waals surface area (Å²) < 4.78 is 0. The van der Waals surface area contributed by atoms with Crippen LogP contribution >= 0.6 is 11.6 Å². The highest BCUT2D eigenvalue weighted by atomic mass is 35.5. The van der Waals surface area contributed by atoms with Crippen LogP contribution in [-0.4, -0.2) is 33.2 Å². The van der Waals surface area contributed by atoms with Crippen LogP contribution in [0.4, 0.5) is 5.69 Å². The van der Waals surface area contributed by atoms with E-state index < -0.39 is 0 Å². The highest BCUT2D eigenvalue weighted by Crippen LogP contribution is 2.30. The first-order valence-electron chi connectivity index (χ1n) is 9.57. The van der Waals surface area contributed by atoms with Crippen molar-refractivity contribution in [3.05, 3.63) is 52.6 Å². The van der Waals surface area contributed by atoms with Crippen molar-refractivity contribution >= 4 is 29.1 Å². The number of aryl methyl sites for hydroxylation is 1. The van der Waals surface area contributed by atoms with Crippen molar-refractivity contribution in [3.8, 4) is 0 Å². The molecule has 1 aliphatic rings. The Morgan fingerprint density at radius 3 is 2.57 bits per heavy atom. The number of hydrogen-bond donors (Lipinski definition) is 1. The summed E-state index contributed by atoms with van der Waals surface area (Å²) in [5.74, 6) is 0.390. The Balaban J connectivity index is 1.80. The van der Waals surface area contributed by atoms with Gasteiger partial charge in [-0.15, -0.1) is 0 Å². The molecule has 0 saturated carbocycles. The lowest BCUT2D eigenvalue weighted by Crippen LogP contribution is -2.41. The summed E-state index contributed by atoms with van der Waals surface area (Å²) in [4.78, 5) is 36.1. The summed E-state index contributed by atoms with van der Waals surface area (Å²) in [6.07, 6.45) is 4.42. The maximum absolute atomic E-state index is 12.6. The number of rotatable bonds is 4. The SMILES string of the molecule is Cc1nc(C2CCCCN2C(=O)C(C)C)ncc1C(=O)Nc1ccc(Cl)cc1. The fourth-order valence-corrected chi connectivity index (χ4v) is 3.52. The third-order valence-corrected chi connectivity index (χ3v) is 5.17. The molecule has 2 aromatic rings. The van der Waals surface area contributed by atoms with Gasteiger partial charge < -0.3 is 10.2 Å². The number of piperidine rings is 1. The Morgan fingerprint density at radius 2 is 1.93 bits per heavy atom. The Kier molecular flexibility index (Phi) is 6.29. The van der Waals surface area contributed by atoms with Crippen molar-refractivity contribution in [1.82, 2.24) is 14.9 Å². The molecular formula is C21H25ClN4O2. The van der Waals surface area contributed by atoms with Crippen LogP contribution in [0.1, 0.15) is 61.0 Å². The van der Waals surface area contributed by atoms with Gasteiger partial charge in [0.05, 0.1) is 17.3 Å². The normalized spacial score (nSPS) is 16.9. The summed E-state index contributed by atoms with van der Waals surface area (Å²) in [5, 5.41) is 3.43. The van der Waals surface area contributed by atoms with Gasteiger partial charge in [0.2, 0.25) is 5.91 Å². The van der Waals surface area contributed by atoms with Crippen LogP contribution in [0.25, 0.3) is 0 Å². The number of anilines is 1. The maximum Gasteiger partial charge on any atom is 0.259 e. The van der Waals surface area contributed by atoms with E-state index >= 15 is 0 Å². The molecular weight excluding hydrogens is 376 g/mol. The van der Waals surface area contributed by atoms with Crippen molar-refractivity contribution in [2.75, 3.05) is 11.9 Å². The van der Waals surface area contributed by atoms with Gasteiger partial charge in [-0.2, -0.15) is 0 Å². The molecule has 7 heteroatoms. The molecule has 3 rings (SSSR count). The molecule has 1 aliphatic heterocycles. The number of nitrogens with zero attached hydrogens (tertiary/aromatic N) is 3. The average molecular weight is 401 g/mol. The molecule has 1 atom stereocenters. The van der Waals surface area contributed by atoms with Crippen LogP contribution in [0.15, 0.2) is 30.5 Å². The monoisotopic (exact) mass is 400 g/mol. The first-order valence-corrected chi connectivity index (χ1v) is 9.95. The molecule has 2 amide bonds. The number of carbonyl (C=O) groups excluding carboxylic acids is 2. The zero-order valence-electron chi connectivity index (χ0n) is 16.4. The number of nitrogens with one attached hydrogen (secondary N) is 1. The van der Waals surface area contributed by atoms with Crippen molar-refractivity contribution in [2.45, 2.75) is 46.1 Å². The van der Waals surface area contributed by atoms with Crippen molar-refractivity contribution in [3.63, 3.8) is 0 Å². The number of halogens is 1. The zero-order chi connectivity index (χ0) is 20.3. The van der Waals surface area contributed by atoms with Gasteiger partial charge in [0.25, 0.3) is 5.91 Å². The van der Waals surface area contributed by atoms with E-state index in [1.165, 1.54) is 0 Å². The molecule has 6 nitrogen and oxygen atoms in total. The lowest BCUT2D eigenvalue weighted by Gasteiger charge is -2.36. The molecule has 2 heterocycles. The van der Waals surface area contributed by atoms with Gasteiger partial charge in [0.1, 0.15) is 0 Å². The van der Waals surface area contributed by atoms with Gasteiger partial charge in [0, 0.05) is 29.4 Å². The Hall–Kier alpha value is -2.47. The summed E-state index contributed by atoms with van der Waals surface area (Å²) in [7, 11) is 0. The molecule has 28 heavy (non-hydrogen) atoms. The molecule has 1 aromatic heterocycles. The van der Waals surface area contributed by atoms with Gasteiger partial charge >= 0.3 is 0 Å². The minimum Gasteiger partial charge on any atom is -0.332 e. The van der Waals surface area contributed by atoms with E-state index in [4.69, 9.17) is 11.6 Å². The van der Waals surface area contributed by atoms with Crippen LogP contribution < -0.4 is 5.32 Å². The molecule has 148 valence electrons. The number of aromatic nitrogens is 2. The second kappa shape index (κ2) is 8.69. The van der Waals surface area contributed by atoms with Crippen molar-refractivity contribution in [1.29, 1.82) is 0 Å². The van der Waals surface area contributed by atoms with E-state index in [9.17, 15) is 9.59 Å². The second-order valence-electron chi connectivity index (χ2n) is 7.39. The summed E-state index contributed by atoms with van der Waals surface area (Å²) in [5.41, 5.74) is 1.66. The number of carbonyl (C=O) groups is 2. The van der Waals surface area contributed by atoms with Gasteiger partial charge in [-0.3, -0.25) is 9.59 Å². The minimum atomic E-state index is -0.273. The predicted octanol–water partition coefficient (Wildman–Crippen LogP) is 4.40. The van der Waals surface area contributed by atoms with Crippen LogP contribution in [0.3, 0.4) is 0 Å². The van der Waals surface area contributed by atoms with E-state index in [1.807, 2.05) is 18.7 Å². The maximum atomic E-state index is 12.6. The first kappa shape index (κ1) is 20.3. The smallest absolute Gasteiger partial charge is 0.259 e. The molecule has 0 bridgehead atoms. The molecule has 1 N–H and O–H groups in total. The lowest BCUT2D eigenvalue weighted by atomic mass is 9.99. The highest BCUT2D eigenvalue weighted by Gasteiger charge is 2.31. The molecule has 0 aliphatic carbocycles. The van der Waals surface area contributed by atoms with E-state index in [0.717, 1.165) is 25.8 Å². The van der Waals surface area contributed by atoms with Gasteiger partial charge in [-0.25, -0.2) is 9.97 Å². The number of hydrogen-bond acceptors (Lipinski definition) is 4. The molecule has 0 radical (unpaired) electrons. The molecule has 0 spiro atoms. The summed E-state index contributed by atoms with van der Waals surface area (Å²) in [6, 6.07) is 6.78. The quantitative estimate of drug-likeness (QED) is 0.825. The Morgan fingerprint density at radius 1 is 1.21 bits per heavy atom. The fraction of sp³-hybridized carbons (Fsp3) is 0.429. The number of amides is 2. The number of likely N-dealkylation sites (tertiary alicyclic amines) is 1. The average Bonchev–Trinajstić information content (AvgIpc) is 2.69. The Labute approximate surface area is 170 Å². The second-order valence-corrected chi connectivity index (χ2v) is 7.82. The Bertz CT molecular complexity index is 867. The van der Waals surface area contributed by atoms with Crippen LogP contribution in [0.5, 0.6) is 0 Å². The van der Waals surface area contributed by atoms with Crippen molar-refractivity contribution < 1.29 is 9.59 Å². The fourth-order valence-electron chi connectivity index (χ4n) is 3.40. The van der Waals surface area contributed by atoms with E-state index in [0.29, 0.717) is 27.8 Å². The van der Waals surface area contributed by atoms with Crippen LogP contribution in [-0.2, 0) is 4.79 Å². The zero-order valence-corrected chi connectivity index (χ0v) is 17.2. The van der Waals surface area contributed by atoms with E-state index in [-0.39, 0.29) is 23.8 Å². The minimum absolute atomic E-state index is 0.0638. The summed E-state index contributed by atoms with van der Waals surface area (Å²) >= 11 is 5.87. The van der Waals surface area contributed by atoms with Crippen molar-refractivity contribution in [2.24, 2.45) is 5.92 Å².